The summed E-state index contributed by atoms with van der Waals surface area (Å²) in [4.78, 5) is 0.272. The third kappa shape index (κ3) is 3.31. The molecule has 0 heterocycles. The van der Waals surface area contributed by atoms with Crippen LogP contribution in [0.4, 0.5) is 0 Å². The number of nitrogens with two attached hydrogens (primary N) is 1. The molecule has 0 saturated carbocycles. The van der Waals surface area contributed by atoms with E-state index in [2.05, 4.69) is 4.72 Å². The molecular formula is C13H22N2O2S. The Morgan fingerprint density at radius 3 is 2.17 bits per heavy atom. The van der Waals surface area contributed by atoms with E-state index in [9.17, 15) is 8.42 Å². The van der Waals surface area contributed by atoms with Crippen molar-refractivity contribution in [1.29, 1.82) is 0 Å². The van der Waals surface area contributed by atoms with Gasteiger partial charge in [-0.15, -0.1) is 0 Å². The molecule has 5 heteroatoms. The Kier molecular flexibility index (Phi) is 4.53. The minimum atomic E-state index is -3.52. The zero-order valence-electron chi connectivity index (χ0n) is 11.4. The van der Waals surface area contributed by atoms with E-state index in [0.29, 0.717) is 0 Å². The first-order chi connectivity index (χ1) is 8.21. The number of benzene rings is 1. The second-order valence-electron chi connectivity index (χ2n) is 5.19. The summed E-state index contributed by atoms with van der Waals surface area (Å²) in [5.41, 5.74) is 6.08. The maximum absolute atomic E-state index is 12.3. The molecule has 1 rings (SSSR count). The molecule has 102 valence electrons. The number of hydrogen-bond donors (Lipinski definition) is 2. The van der Waals surface area contributed by atoms with E-state index in [1.807, 2.05) is 27.7 Å². The lowest BCUT2D eigenvalue weighted by molar-refractivity contribution is 0.315. The van der Waals surface area contributed by atoms with Gasteiger partial charge in [0.1, 0.15) is 0 Å². The van der Waals surface area contributed by atoms with Crippen molar-refractivity contribution >= 4 is 10.0 Å². The third-order valence-electron chi connectivity index (χ3n) is 3.40. The van der Waals surface area contributed by atoms with Gasteiger partial charge < -0.3 is 5.73 Å². The van der Waals surface area contributed by atoms with Crippen molar-refractivity contribution in [1.82, 2.24) is 4.72 Å². The molecule has 0 aromatic heterocycles. The van der Waals surface area contributed by atoms with E-state index in [1.54, 1.807) is 24.3 Å². The van der Waals surface area contributed by atoms with Gasteiger partial charge in [0.05, 0.1) is 4.90 Å². The van der Waals surface area contributed by atoms with Crippen molar-refractivity contribution in [3.63, 3.8) is 0 Å². The molecule has 3 N–H and O–H groups in total. The second kappa shape index (κ2) is 5.38. The van der Waals surface area contributed by atoms with Gasteiger partial charge in [-0.05, 0) is 31.9 Å². The lowest BCUT2D eigenvalue weighted by Gasteiger charge is -2.33. The van der Waals surface area contributed by atoms with Crippen LogP contribution in [-0.4, -0.2) is 20.5 Å². The van der Waals surface area contributed by atoms with Gasteiger partial charge in [-0.2, -0.15) is 0 Å². The first kappa shape index (κ1) is 15.1. The lowest BCUT2D eigenvalue weighted by atomic mass is 9.90. The van der Waals surface area contributed by atoms with E-state index in [1.165, 1.54) is 0 Å². The molecular weight excluding hydrogens is 248 g/mol. The molecule has 0 fully saturated rings. The summed E-state index contributed by atoms with van der Waals surface area (Å²) >= 11 is 0. The number of rotatable bonds is 5. The largest absolute Gasteiger partial charge is 0.329 e. The van der Waals surface area contributed by atoms with Crippen molar-refractivity contribution in [2.45, 2.75) is 38.1 Å². The molecule has 1 aromatic carbocycles. The fourth-order valence-electron chi connectivity index (χ4n) is 1.48. The minimum absolute atomic E-state index is 0.114. The Balaban J connectivity index is 3.05. The average molecular weight is 270 g/mol. The van der Waals surface area contributed by atoms with Crippen LogP contribution in [0.1, 0.15) is 26.3 Å². The highest BCUT2D eigenvalue weighted by molar-refractivity contribution is 7.89. The minimum Gasteiger partial charge on any atom is -0.329 e. The van der Waals surface area contributed by atoms with Crippen molar-refractivity contribution in [3.05, 3.63) is 29.8 Å². The maximum Gasteiger partial charge on any atom is 0.241 e. The van der Waals surface area contributed by atoms with Crippen LogP contribution >= 0.6 is 0 Å². The molecule has 0 amide bonds. The van der Waals surface area contributed by atoms with Crippen LogP contribution < -0.4 is 10.5 Å². The van der Waals surface area contributed by atoms with Crippen molar-refractivity contribution < 1.29 is 8.42 Å². The topological polar surface area (TPSA) is 72.2 Å². The van der Waals surface area contributed by atoms with Crippen LogP contribution in [0.25, 0.3) is 0 Å². The zero-order chi connectivity index (χ0) is 14.0. The average Bonchev–Trinajstić information content (AvgIpc) is 2.28. The Bertz CT molecular complexity index is 494. The van der Waals surface area contributed by atoms with Crippen LogP contribution in [0.2, 0.25) is 0 Å². The molecule has 1 aromatic rings. The fraction of sp³-hybridized carbons (Fsp3) is 0.538. The number of nitrogens with one attached hydrogen (secondary N) is 1. The quantitative estimate of drug-likeness (QED) is 0.854. The summed E-state index contributed by atoms with van der Waals surface area (Å²) in [5.74, 6) is 0.114. The molecule has 0 bridgehead atoms. The van der Waals surface area contributed by atoms with Crippen LogP contribution in [-0.2, 0) is 10.0 Å². The van der Waals surface area contributed by atoms with Gasteiger partial charge in [-0.1, -0.05) is 31.5 Å². The number of sulfonamides is 1. The van der Waals surface area contributed by atoms with Gasteiger partial charge >= 0.3 is 0 Å². The van der Waals surface area contributed by atoms with Crippen LogP contribution in [0.15, 0.2) is 29.2 Å². The molecule has 0 aliphatic carbocycles. The SMILES string of the molecule is Cc1ccc(S(=O)(=O)NC(C)(CN)C(C)C)cc1. The molecule has 1 unspecified atom stereocenters. The van der Waals surface area contributed by atoms with Crippen molar-refractivity contribution in [2.75, 3.05) is 6.54 Å². The summed E-state index contributed by atoms with van der Waals surface area (Å²) in [6, 6.07) is 6.78. The van der Waals surface area contributed by atoms with E-state index < -0.39 is 15.6 Å². The highest BCUT2D eigenvalue weighted by Gasteiger charge is 2.32. The summed E-state index contributed by atoms with van der Waals surface area (Å²) in [6.45, 7) is 7.90. The Hall–Kier alpha value is -0.910. The number of hydrogen-bond acceptors (Lipinski definition) is 3. The predicted molar refractivity (Wildman–Crippen MR) is 73.8 cm³/mol. The van der Waals surface area contributed by atoms with E-state index in [4.69, 9.17) is 5.73 Å². The van der Waals surface area contributed by atoms with E-state index >= 15 is 0 Å². The zero-order valence-corrected chi connectivity index (χ0v) is 12.2. The van der Waals surface area contributed by atoms with E-state index in [-0.39, 0.29) is 17.4 Å². The number of aryl methyl sites for hydroxylation is 1. The summed E-state index contributed by atoms with van der Waals surface area (Å²) in [5, 5.41) is 0. The summed E-state index contributed by atoms with van der Waals surface area (Å²) < 4.78 is 27.2. The second-order valence-corrected chi connectivity index (χ2v) is 6.88. The molecule has 0 spiro atoms. The highest BCUT2D eigenvalue weighted by Crippen LogP contribution is 2.19. The van der Waals surface area contributed by atoms with Crippen molar-refractivity contribution in [3.8, 4) is 0 Å². The first-order valence-corrected chi connectivity index (χ1v) is 7.50. The molecule has 0 aliphatic rings. The predicted octanol–water partition coefficient (Wildman–Crippen LogP) is 1.65. The van der Waals surface area contributed by atoms with Gasteiger partial charge in [0.25, 0.3) is 0 Å². The van der Waals surface area contributed by atoms with Crippen LogP contribution in [0, 0.1) is 12.8 Å². The van der Waals surface area contributed by atoms with E-state index in [0.717, 1.165) is 5.56 Å². The van der Waals surface area contributed by atoms with Gasteiger partial charge in [0.2, 0.25) is 10.0 Å². The molecule has 1 atom stereocenters. The Morgan fingerprint density at radius 1 is 1.28 bits per heavy atom. The normalized spacial score (nSPS) is 15.7. The molecule has 0 saturated heterocycles. The molecule has 0 radical (unpaired) electrons. The van der Waals surface area contributed by atoms with Gasteiger partial charge in [-0.3, -0.25) is 0 Å². The first-order valence-electron chi connectivity index (χ1n) is 6.02. The maximum atomic E-state index is 12.3. The summed E-state index contributed by atoms with van der Waals surface area (Å²) in [7, 11) is -3.52. The summed E-state index contributed by atoms with van der Waals surface area (Å²) in [6.07, 6.45) is 0. The third-order valence-corrected chi connectivity index (χ3v) is 5.02. The lowest BCUT2D eigenvalue weighted by Crippen LogP contribution is -2.54. The smallest absolute Gasteiger partial charge is 0.241 e. The van der Waals surface area contributed by atoms with Gasteiger partial charge in [0.15, 0.2) is 0 Å². The molecule has 4 nitrogen and oxygen atoms in total. The standard InChI is InChI=1S/C13H22N2O2S/c1-10(2)13(4,9-14)15-18(16,17)12-7-5-11(3)6-8-12/h5-8,10,15H,9,14H2,1-4H3. The molecule has 18 heavy (non-hydrogen) atoms. The monoisotopic (exact) mass is 270 g/mol. The van der Waals surface area contributed by atoms with Gasteiger partial charge in [0, 0.05) is 12.1 Å². The fourth-order valence-corrected chi connectivity index (χ4v) is 3.02. The van der Waals surface area contributed by atoms with Crippen molar-refractivity contribution in [2.24, 2.45) is 11.7 Å². The molecule has 0 aliphatic heterocycles. The van der Waals surface area contributed by atoms with Gasteiger partial charge in [-0.25, -0.2) is 13.1 Å². The Morgan fingerprint density at radius 2 is 1.78 bits per heavy atom. The van der Waals surface area contributed by atoms with Crippen LogP contribution in [0.3, 0.4) is 0 Å². The Labute approximate surface area is 110 Å². The van der Waals surface area contributed by atoms with Crippen LogP contribution in [0.5, 0.6) is 0 Å². The highest BCUT2D eigenvalue weighted by atomic mass is 32.2.